The number of allylic oxidation sites excluding steroid dienone is 3. The number of ketones is 1. The average molecular weight is 286 g/mol. The maximum absolute atomic E-state index is 11.3. The Morgan fingerprint density at radius 1 is 0.857 bits per heavy atom. The molecule has 21 heavy (non-hydrogen) atoms. The van der Waals surface area contributed by atoms with E-state index in [0.29, 0.717) is 11.7 Å². The van der Waals surface area contributed by atoms with E-state index in [1.165, 1.54) is 51.4 Å². The van der Waals surface area contributed by atoms with Gasteiger partial charge in [-0.1, -0.05) is 12.2 Å². The van der Waals surface area contributed by atoms with Gasteiger partial charge >= 0.3 is 0 Å². The van der Waals surface area contributed by atoms with Crippen LogP contribution in [0.15, 0.2) is 24.8 Å². The lowest BCUT2D eigenvalue weighted by molar-refractivity contribution is -0.115. The number of rotatable bonds is 3. The second-order valence-corrected chi connectivity index (χ2v) is 7.61. The summed E-state index contributed by atoms with van der Waals surface area (Å²) in [6.45, 7) is 3.96. The summed E-state index contributed by atoms with van der Waals surface area (Å²) in [5, 5.41) is 0. The first-order chi connectivity index (χ1) is 10.3. The van der Waals surface area contributed by atoms with Gasteiger partial charge in [0, 0.05) is 6.42 Å². The molecule has 1 atom stereocenters. The molecule has 3 aliphatic rings. The molecule has 0 aliphatic heterocycles. The molecule has 0 aromatic rings. The Morgan fingerprint density at radius 3 is 1.95 bits per heavy atom. The lowest BCUT2D eigenvalue weighted by Crippen LogP contribution is -2.28. The van der Waals surface area contributed by atoms with E-state index in [-0.39, 0.29) is 0 Å². The molecule has 2 fully saturated rings. The molecule has 0 saturated heterocycles. The van der Waals surface area contributed by atoms with Gasteiger partial charge < -0.3 is 0 Å². The molecule has 0 radical (unpaired) electrons. The molecule has 0 aromatic heterocycles. The predicted octanol–water partition coefficient (Wildman–Crippen LogP) is 5.32. The van der Waals surface area contributed by atoms with Crippen LogP contribution in [0.1, 0.15) is 64.2 Å². The van der Waals surface area contributed by atoms with E-state index in [1.54, 1.807) is 0 Å². The van der Waals surface area contributed by atoms with Gasteiger partial charge in [0.1, 0.15) is 0 Å². The minimum Gasteiger partial charge on any atom is -0.295 e. The molecule has 0 aromatic carbocycles. The van der Waals surface area contributed by atoms with Gasteiger partial charge in [0.15, 0.2) is 5.78 Å². The molecule has 3 aliphatic carbocycles. The molecule has 0 bridgehead atoms. The summed E-state index contributed by atoms with van der Waals surface area (Å²) in [5.41, 5.74) is 0. The van der Waals surface area contributed by atoms with Crippen molar-refractivity contribution in [3.63, 3.8) is 0 Å². The standard InChI is InChI=1S/C20H30O/c1-2-15-3-5-16(6-4-15)17-7-9-18(10-8-17)19-11-13-20(21)14-12-19/h2,11,13,15-19H,1,3-10,12,14H2. The molecule has 2 saturated carbocycles. The first-order valence-electron chi connectivity index (χ1n) is 9.10. The van der Waals surface area contributed by atoms with Gasteiger partial charge in [0.25, 0.3) is 0 Å². The fraction of sp³-hybridized carbons (Fsp3) is 0.750. The van der Waals surface area contributed by atoms with Gasteiger partial charge in [0.2, 0.25) is 0 Å². The molecular weight excluding hydrogens is 256 g/mol. The SMILES string of the molecule is C=CC1CCC(C2CCC(C3C=CC(=O)CC3)CC2)CC1. The quantitative estimate of drug-likeness (QED) is 0.642. The van der Waals surface area contributed by atoms with Crippen molar-refractivity contribution < 1.29 is 4.79 Å². The first kappa shape index (κ1) is 15.1. The Morgan fingerprint density at radius 2 is 1.43 bits per heavy atom. The van der Waals surface area contributed by atoms with E-state index in [1.807, 2.05) is 6.08 Å². The number of hydrogen-bond donors (Lipinski definition) is 0. The smallest absolute Gasteiger partial charge is 0.155 e. The zero-order chi connectivity index (χ0) is 14.7. The van der Waals surface area contributed by atoms with Gasteiger partial charge in [0.05, 0.1) is 0 Å². The van der Waals surface area contributed by atoms with Crippen molar-refractivity contribution in [3.8, 4) is 0 Å². The molecule has 0 heterocycles. The van der Waals surface area contributed by atoms with Crippen molar-refractivity contribution in [2.24, 2.45) is 29.6 Å². The second kappa shape index (κ2) is 6.94. The van der Waals surface area contributed by atoms with E-state index in [9.17, 15) is 4.79 Å². The Bertz CT molecular complexity index is 392. The van der Waals surface area contributed by atoms with Crippen LogP contribution in [0.4, 0.5) is 0 Å². The minimum atomic E-state index is 0.332. The molecular formula is C20H30O. The van der Waals surface area contributed by atoms with Crippen LogP contribution in [0.3, 0.4) is 0 Å². The number of carbonyl (C=O) groups excluding carboxylic acids is 1. The molecule has 1 nitrogen and oxygen atoms in total. The van der Waals surface area contributed by atoms with Gasteiger partial charge in [-0.3, -0.25) is 4.79 Å². The number of carbonyl (C=O) groups is 1. The van der Waals surface area contributed by atoms with Crippen molar-refractivity contribution in [1.29, 1.82) is 0 Å². The Labute approximate surface area is 129 Å². The third kappa shape index (κ3) is 3.67. The molecule has 1 unspecified atom stereocenters. The summed E-state index contributed by atoms with van der Waals surface area (Å²) >= 11 is 0. The van der Waals surface area contributed by atoms with Crippen LogP contribution < -0.4 is 0 Å². The average Bonchev–Trinajstić information content (AvgIpc) is 2.56. The first-order valence-corrected chi connectivity index (χ1v) is 9.10. The van der Waals surface area contributed by atoms with Crippen molar-refractivity contribution >= 4 is 5.78 Å². The van der Waals surface area contributed by atoms with E-state index < -0.39 is 0 Å². The summed E-state index contributed by atoms with van der Waals surface area (Å²) in [5.74, 6) is 4.66. The highest BCUT2D eigenvalue weighted by Crippen LogP contribution is 2.44. The fourth-order valence-electron chi connectivity index (χ4n) is 5.01. The van der Waals surface area contributed by atoms with Crippen molar-refractivity contribution in [1.82, 2.24) is 0 Å². The Kier molecular flexibility index (Phi) is 4.98. The van der Waals surface area contributed by atoms with E-state index in [4.69, 9.17) is 0 Å². The lowest BCUT2D eigenvalue weighted by atomic mass is 9.66. The van der Waals surface area contributed by atoms with Crippen LogP contribution in [-0.2, 0) is 4.79 Å². The van der Waals surface area contributed by atoms with Crippen LogP contribution in [-0.4, -0.2) is 5.78 Å². The highest BCUT2D eigenvalue weighted by atomic mass is 16.1. The van der Waals surface area contributed by atoms with Crippen molar-refractivity contribution in [2.45, 2.75) is 64.2 Å². The normalized spacial score (nSPS) is 41.0. The Balaban J connectivity index is 1.46. The summed E-state index contributed by atoms with van der Waals surface area (Å²) < 4.78 is 0. The van der Waals surface area contributed by atoms with Gasteiger partial charge in [-0.15, -0.1) is 6.58 Å². The second-order valence-electron chi connectivity index (χ2n) is 7.61. The van der Waals surface area contributed by atoms with Crippen LogP contribution in [0.5, 0.6) is 0 Å². The monoisotopic (exact) mass is 286 g/mol. The largest absolute Gasteiger partial charge is 0.295 e. The van der Waals surface area contributed by atoms with Crippen LogP contribution in [0.25, 0.3) is 0 Å². The van der Waals surface area contributed by atoms with Gasteiger partial charge in [-0.2, -0.15) is 0 Å². The number of hydrogen-bond acceptors (Lipinski definition) is 1. The van der Waals surface area contributed by atoms with Crippen molar-refractivity contribution in [2.75, 3.05) is 0 Å². The Hall–Kier alpha value is -0.850. The van der Waals surface area contributed by atoms with E-state index in [0.717, 1.165) is 36.5 Å². The highest BCUT2D eigenvalue weighted by Gasteiger charge is 2.32. The summed E-state index contributed by atoms with van der Waals surface area (Å²) in [7, 11) is 0. The molecule has 0 amide bonds. The highest BCUT2D eigenvalue weighted by molar-refractivity contribution is 5.90. The molecule has 0 N–H and O–H groups in total. The van der Waals surface area contributed by atoms with Crippen LogP contribution in [0.2, 0.25) is 0 Å². The van der Waals surface area contributed by atoms with Crippen LogP contribution >= 0.6 is 0 Å². The summed E-state index contributed by atoms with van der Waals surface area (Å²) in [4.78, 5) is 11.3. The van der Waals surface area contributed by atoms with Crippen LogP contribution in [0, 0.1) is 29.6 Å². The summed E-state index contributed by atoms with van der Waals surface area (Å²) in [6, 6.07) is 0. The van der Waals surface area contributed by atoms with E-state index >= 15 is 0 Å². The van der Waals surface area contributed by atoms with Gasteiger partial charge in [-0.25, -0.2) is 0 Å². The molecule has 116 valence electrons. The maximum atomic E-state index is 11.3. The zero-order valence-corrected chi connectivity index (χ0v) is 13.3. The summed E-state index contributed by atoms with van der Waals surface area (Å²) in [6.07, 6.45) is 19.4. The third-order valence-corrected chi connectivity index (χ3v) is 6.49. The van der Waals surface area contributed by atoms with Crippen molar-refractivity contribution in [3.05, 3.63) is 24.8 Å². The zero-order valence-electron chi connectivity index (χ0n) is 13.3. The molecule has 1 heteroatoms. The topological polar surface area (TPSA) is 17.1 Å². The fourth-order valence-corrected chi connectivity index (χ4v) is 5.01. The minimum absolute atomic E-state index is 0.332. The van der Waals surface area contributed by atoms with Gasteiger partial charge in [-0.05, 0) is 93.5 Å². The van der Waals surface area contributed by atoms with E-state index in [2.05, 4.69) is 18.7 Å². The third-order valence-electron chi connectivity index (χ3n) is 6.49. The molecule has 3 rings (SSSR count). The molecule has 0 spiro atoms. The predicted molar refractivity (Wildman–Crippen MR) is 88.0 cm³/mol. The lowest BCUT2D eigenvalue weighted by Gasteiger charge is -2.39. The maximum Gasteiger partial charge on any atom is 0.155 e.